The van der Waals surface area contributed by atoms with E-state index in [1.165, 1.54) is 0 Å². The summed E-state index contributed by atoms with van der Waals surface area (Å²) in [6.45, 7) is 0. The van der Waals surface area contributed by atoms with Crippen molar-refractivity contribution in [2.45, 2.75) is 6.42 Å². The lowest BCUT2D eigenvalue weighted by Gasteiger charge is -2.06. The van der Waals surface area contributed by atoms with E-state index in [9.17, 15) is 4.79 Å². The molecule has 0 amide bonds. The van der Waals surface area contributed by atoms with Crippen LogP contribution in [0.1, 0.15) is 5.56 Å². The molecule has 1 heterocycles. The lowest BCUT2D eigenvalue weighted by molar-refractivity contribution is 0.414. The highest BCUT2D eigenvalue weighted by Gasteiger charge is 2.11. The Balaban J connectivity index is 2.45. The molecule has 0 unspecified atom stereocenters. The number of nitriles is 1. The number of para-hydroxylation sites is 1. The Morgan fingerprint density at radius 2 is 2.10 bits per heavy atom. The highest BCUT2D eigenvalue weighted by Crippen LogP contribution is 2.24. The van der Waals surface area contributed by atoms with Crippen molar-refractivity contribution in [2.24, 2.45) is 0 Å². The van der Waals surface area contributed by atoms with Gasteiger partial charge in [0.05, 0.1) is 30.4 Å². The quantitative estimate of drug-likeness (QED) is 0.668. The van der Waals surface area contributed by atoms with Crippen LogP contribution in [0, 0.1) is 11.3 Å². The molecule has 3 aromatic rings. The lowest BCUT2D eigenvalue weighted by Crippen LogP contribution is -2.03. The number of benzene rings is 2. The van der Waals surface area contributed by atoms with Gasteiger partial charge in [-0.25, -0.2) is 0 Å². The smallest absolute Gasteiger partial charge is 0.200 e. The minimum atomic E-state index is -0.0938. The van der Waals surface area contributed by atoms with Crippen molar-refractivity contribution in [2.75, 3.05) is 7.11 Å². The second-order valence-corrected chi connectivity index (χ2v) is 4.42. The van der Waals surface area contributed by atoms with E-state index in [-0.39, 0.29) is 11.8 Å². The zero-order valence-electron chi connectivity index (χ0n) is 10.8. The molecule has 0 bridgehead atoms. The first-order valence-corrected chi connectivity index (χ1v) is 6.14. The second kappa shape index (κ2) is 4.71. The largest absolute Gasteiger partial charge is 0.497 e. The summed E-state index contributed by atoms with van der Waals surface area (Å²) in [6, 6.07) is 12.4. The molecule has 0 fully saturated rings. The number of nitrogens with zero attached hydrogens (tertiary/aromatic N) is 1. The monoisotopic (exact) mass is 265 g/mol. The van der Waals surface area contributed by atoms with E-state index >= 15 is 0 Å². The molecule has 0 saturated carbocycles. The summed E-state index contributed by atoms with van der Waals surface area (Å²) in [5, 5.41) is 9.86. The molecule has 0 saturated heterocycles. The maximum Gasteiger partial charge on any atom is 0.200 e. The number of rotatable bonds is 2. The summed E-state index contributed by atoms with van der Waals surface area (Å²) in [5.41, 5.74) is 1.56. The van der Waals surface area contributed by atoms with E-state index in [1.54, 1.807) is 43.5 Å². The van der Waals surface area contributed by atoms with Gasteiger partial charge in [0.2, 0.25) is 5.43 Å². The molecular weight excluding hydrogens is 254 g/mol. The van der Waals surface area contributed by atoms with Crippen molar-refractivity contribution >= 4 is 21.9 Å². The van der Waals surface area contributed by atoms with Crippen molar-refractivity contribution in [3.05, 3.63) is 52.2 Å². The molecule has 0 aliphatic heterocycles. The van der Waals surface area contributed by atoms with Crippen LogP contribution in [0.15, 0.2) is 45.6 Å². The average Bonchev–Trinajstić information content (AvgIpc) is 2.48. The summed E-state index contributed by atoms with van der Waals surface area (Å²) in [5.74, 6) is 0.623. The normalized spacial score (nSPS) is 10.6. The summed E-state index contributed by atoms with van der Waals surface area (Å²) in [4.78, 5) is 12.5. The van der Waals surface area contributed by atoms with Gasteiger partial charge in [0, 0.05) is 11.6 Å². The van der Waals surface area contributed by atoms with Gasteiger partial charge in [-0.3, -0.25) is 4.79 Å². The maximum absolute atomic E-state index is 12.5. The van der Waals surface area contributed by atoms with E-state index in [4.69, 9.17) is 14.4 Å². The predicted octanol–water partition coefficient (Wildman–Crippen LogP) is 3.02. The molecule has 0 radical (unpaired) electrons. The molecule has 3 rings (SSSR count). The molecule has 0 atom stereocenters. The van der Waals surface area contributed by atoms with Crippen LogP contribution >= 0.6 is 0 Å². The number of fused-ring (bicyclic) bond motifs is 2. The van der Waals surface area contributed by atoms with E-state index in [0.717, 1.165) is 0 Å². The van der Waals surface area contributed by atoms with Crippen LogP contribution in [-0.2, 0) is 6.42 Å². The molecule has 0 aliphatic rings. The van der Waals surface area contributed by atoms with E-state index in [2.05, 4.69) is 6.07 Å². The minimum Gasteiger partial charge on any atom is -0.497 e. The van der Waals surface area contributed by atoms with Crippen molar-refractivity contribution in [1.82, 2.24) is 0 Å². The molecule has 2 aromatic carbocycles. The number of hydrogen-bond donors (Lipinski definition) is 0. The highest BCUT2D eigenvalue weighted by molar-refractivity contribution is 5.91. The third kappa shape index (κ3) is 1.81. The molecule has 0 aliphatic carbocycles. The highest BCUT2D eigenvalue weighted by atomic mass is 16.5. The van der Waals surface area contributed by atoms with Gasteiger partial charge in [0.1, 0.15) is 16.9 Å². The van der Waals surface area contributed by atoms with Gasteiger partial charge < -0.3 is 9.15 Å². The zero-order chi connectivity index (χ0) is 14.1. The maximum atomic E-state index is 12.5. The van der Waals surface area contributed by atoms with Crippen molar-refractivity contribution in [3.8, 4) is 11.8 Å². The molecule has 1 aromatic heterocycles. The standard InChI is InChI=1S/C16H11NO3/c1-19-11-5-6-12-14(9-11)20-16-10(7-8-17)3-2-4-13(16)15(12)18/h2-6,9H,7H2,1H3. The fourth-order valence-corrected chi connectivity index (χ4v) is 2.27. The molecular formula is C16H11NO3. The second-order valence-electron chi connectivity index (χ2n) is 4.42. The third-order valence-corrected chi connectivity index (χ3v) is 3.26. The number of methoxy groups -OCH3 is 1. The molecule has 4 nitrogen and oxygen atoms in total. The Kier molecular flexibility index (Phi) is 2.88. The van der Waals surface area contributed by atoms with E-state index < -0.39 is 0 Å². The Bertz CT molecular complexity index is 903. The average molecular weight is 265 g/mol. The minimum absolute atomic E-state index is 0.0938. The van der Waals surface area contributed by atoms with Crippen LogP contribution in [0.25, 0.3) is 21.9 Å². The van der Waals surface area contributed by atoms with Crippen molar-refractivity contribution in [3.63, 3.8) is 0 Å². The van der Waals surface area contributed by atoms with Crippen molar-refractivity contribution < 1.29 is 9.15 Å². The van der Waals surface area contributed by atoms with Crippen LogP contribution in [0.5, 0.6) is 5.75 Å². The first-order valence-electron chi connectivity index (χ1n) is 6.14. The predicted molar refractivity (Wildman–Crippen MR) is 75.9 cm³/mol. The summed E-state index contributed by atoms with van der Waals surface area (Å²) < 4.78 is 11.0. The van der Waals surface area contributed by atoms with E-state index in [0.29, 0.717) is 33.3 Å². The van der Waals surface area contributed by atoms with Gasteiger partial charge in [-0.1, -0.05) is 12.1 Å². The Labute approximate surface area is 114 Å². The summed E-state index contributed by atoms with van der Waals surface area (Å²) >= 11 is 0. The first-order chi connectivity index (χ1) is 9.74. The van der Waals surface area contributed by atoms with Gasteiger partial charge in [-0.2, -0.15) is 5.26 Å². The van der Waals surface area contributed by atoms with Gasteiger partial charge in [-0.15, -0.1) is 0 Å². The lowest BCUT2D eigenvalue weighted by atomic mass is 10.1. The van der Waals surface area contributed by atoms with Gasteiger partial charge in [0.25, 0.3) is 0 Å². The zero-order valence-corrected chi connectivity index (χ0v) is 10.8. The number of ether oxygens (including phenoxy) is 1. The van der Waals surface area contributed by atoms with E-state index in [1.807, 2.05) is 0 Å². The Morgan fingerprint density at radius 1 is 1.25 bits per heavy atom. The first kappa shape index (κ1) is 12.2. The molecule has 0 N–H and O–H groups in total. The van der Waals surface area contributed by atoms with Crippen LogP contribution in [-0.4, -0.2) is 7.11 Å². The van der Waals surface area contributed by atoms with Crippen molar-refractivity contribution in [1.29, 1.82) is 5.26 Å². The molecule has 98 valence electrons. The Hall–Kier alpha value is -2.80. The van der Waals surface area contributed by atoms with Crippen LogP contribution in [0.3, 0.4) is 0 Å². The molecule has 0 spiro atoms. The third-order valence-electron chi connectivity index (χ3n) is 3.26. The van der Waals surface area contributed by atoms with Crippen LogP contribution in [0.2, 0.25) is 0 Å². The number of hydrogen-bond acceptors (Lipinski definition) is 4. The fraction of sp³-hybridized carbons (Fsp3) is 0.125. The molecule has 4 heteroatoms. The van der Waals surface area contributed by atoms with Crippen LogP contribution < -0.4 is 10.2 Å². The Morgan fingerprint density at radius 3 is 2.85 bits per heavy atom. The molecule has 20 heavy (non-hydrogen) atoms. The SMILES string of the molecule is COc1ccc2c(=O)c3cccc(CC#N)c3oc2c1. The van der Waals surface area contributed by atoms with Gasteiger partial charge in [0.15, 0.2) is 0 Å². The fourth-order valence-electron chi connectivity index (χ4n) is 2.27. The van der Waals surface area contributed by atoms with Gasteiger partial charge >= 0.3 is 0 Å². The van der Waals surface area contributed by atoms with Crippen LogP contribution in [0.4, 0.5) is 0 Å². The topological polar surface area (TPSA) is 63.2 Å². The van der Waals surface area contributed by atoms with Gasteiger partial charge in [-0.05, 0) is 18.2 Å². The summed E-state index contributed by atoms with van der Waals surface area (Å²) in [7, 11) is 1.56. The summed E-state index contributed by atoms with van der Waals surface area (Å²) in [6.07, 6.45) is 0.204.